The monoisotopic (exact) mass is 666 g/mol. The first-order valence-corrected chi connectivity index (χ1v) is 14.1. The molecule has 21 nitrogen and oxygen atoms in total. The zero-order valence-electron chi connectivity index (χ0n) is 23.5. The van der Waals surface area contributed by atoms with E-state index in [9.17, 15) is 71.5 Å². The predicted molar refractivity (Wildman–Crippen MR) is 134 cm³/mol. The Hall–Kier alpha value is -0.840. The van der Waals surface area contributed by atoms with E-state index >= 15 is 0 Å². The highest BCUT2D eigenvalue weighted by molar-refractivity contribution is 4.97. The van der Waals surface area contributed by atoms with Crippen molar-refractivity contribution in [2.45, 2.75) is 123 Å². The first kappa shape index (κ1) is 37.0. The molecule has 4 aliphatic heterocycles. The minimum Gasteiger partial charge on any atom is -0.394 e. The highest BCUT2D eigenvalue weighted by Crippen LogP contribution is 2.33. The summed E-state index contributed by atoms with van der Waals surface area (Å²) >= 11 is 0. The largest absolute Gasteiger partial charge is 0.394 e. The number of aliphatic hydroxyl groups excluding tert-OH is 14. The second-order valence-electron chi connectivity index (χ2n) is 11.2. The molecule has 4 heterocycles. The third-order valence-electron chi connectivity index (χ3n) is 8.18. The van der Waals surface area contributed by atoms with E-state index in [1.165, 1.54) is 0 Å². The molecule has 0 aromatic heterocycles. The lowest BCUT2D eigenvalue weighted by atomic mass is 9.96. The first-order valence-electron chi connectivity index (χ1n) is 14.1. The van der Waals surface area contributed by atoms with Gasteiger partial charge in [-0.05, 0) is 0 Å². The van der Waals surface area contributed by atoms with Gasteiger partial charge in [0.2, 0.25) is 0 Å². The van der Waals surface area contributed by atoms with Crippen LogP contribution in [0.4, 0.5) is 0 Å². The van der Waals surface area contributed by atoms with Crippen molar-refractivity contribution in [3.63, 3.8) is 0 Å². The number of hydrogen-bond donors (Lipinski definition) is 14. The number of rotatable bonds is 10. The zero-order chi connectivity index (χ0) is 33.3. The van der Waals surface area contributed by atoms with Crippen molar-refractivity contribution in [1.82, 2.24) is 0 Å². The first-order chi connectivity index (χ1) is 21.2. The lowest BCUT2D eigenvalue weighted by Gasteiger charge is -2.48. The van der Waals surface area contributed by atoms with Gasteiger partial charge in [0.25, 0.3) is 0 Å². The minimum atomic E-state index is -2.06. The van der Waals surface area contributed by atoms with Crippen LogP contribution in [0.25, 0.3) is 0 Å². The summed E-state index contributed by atoms with van der Waals surface area (Å²) in [4.78, 5) is 0. The van der Waals surface area contributed by atoms with E-state index in [0.717, 1.165) is 0 Å². The van der Waals surface area contributed by atoms with Crippen LogP contribution in [0.3, 0.4) is 0 Å². The van der Waals surface area contributed by atoms with Crippen molar-refractivity contribution in [2.75, 3.05) is 26.4 Å². The van der Waals surface area contributed by atoms with E-state index in [1.807, 2.05) is 0 Å². The fraction of sp³-hybridized carbons (Fsp3) is 1.00. The van der Waals surface area contributed by atoms with E-state index in [0.29, 0.717) is 0 Å². The van der Waals surface area contributed by atoms with Gasteiger partial charge in [0.1, 0.15) is 97.7 Å². The van der Waals surface area contributed by atoms with Crippen molar-refractivity contribution in [2.24, 2.45) is 0 Å². The lowest BCUT2D eigenvalue weighted by molar-refractivity contribution is -0.383. The van der Waals surface area contributed by atoms with Crippen molar-refractivity contribution < 1.29 is 105 Å². The van der Waals surface area contributed by atoms with Gasteiger partial charge in [-0.1, -0.05) is 0 Å². The molecule has 0 amide bonds. The number of hydrogen-bond acceptors (Lipinski definition) is 21. The Balaban J connectivity index is 1.56. The van der Waals surface area contributed by atoms with E-state index in [-0.39, 0.29) is 0 Å². The molecule has 4 fully saturated rings. The molecule has 1 unspecified atom stereocenters. The van der Waals surface area contributed by atoms with E-state index in [4.69, 9.17) is 33.2 Å². The molecule has 20 atom stereocenters. The normalized spacial score (nSPS) is 52.9. The summed E-state index contributed by atoms with van der Waals surface area (Å²) in [5, 5.41) is 142. The van der Waals surface area contributed by atoms with Crippen LogP contribution < -0.4 is 0 Å². The minimum absolute atomic E-state index is 0.761. The lowest BCUT2D eigenvalue weighted by Crippen LogP contribution is -2.67. The third-order valence-corrected chi connectivity index (χ3v) is 8.18. The third kappa shape index (κ3) is 7.59. The molecule has 4 rings (SSSR count). The van der Waals surface area contributed by atoms with Gasteiger partial charge in [-0.15, -0.1) is 0 Å². The Kier molecular flexibility index (Phi) is 12.8. The zero-order valence-corrected chi connectivity index (χ0v) is 23.5. The summed E-state index contributed by atoms with van der Waals surface area (Å²) in [6.07, 6.45) is -35.6. The van der Waals surface area contributed by atoms with Crippen LogP contribution >= 0.6 is 0 Å². The highest BCUT2D eigenvalue weighted by Gasteiger charge is 2.54. The number of aliphatic hydroxyl groups is 14. The molecular formula is C24H42O21. The fourth-order valence-corrected chi connectivity index (χ4v) is 5.44. The van der Waals surface area contributed by atoms with Crippen LogP contribution in [0.5, 0.6) is 0 Å². The van der Waals surface area contributed by atoms with Crippen molar-refractivity contribution in [3.8, 4) is 0 Å². The number of ether oxygens (including phenoxy) is 7. The Bertz CT molecular complexity index is 912. The molecule has 264 valence electrons. The van der Waals surface area contributed by atoms with Crippen LogP contribution in [0.2, 0.25) is 0 Å². The van der Waals surface area contributed by atoms with Crippen LogP contribution in [0, 0.1) is 0 Å². The molecular weight excluding hydrogens is 624 g/mol. The second-order valence-corrected chi connectivity index (χ2v) is 11.2. The molecule has 0 spiro atoms. The maximum absolute atomic E-state index is 11.1. The summed E-state index contributed by atoms with van der Waals surface area (Å²) in [5.74, 6) is 0. The van der Waals surface area contributed by atoms with Gasteiger partial charge >= 0.3 is 0 Å². The van der Waals surface area contributed by atoms with E-state index in [1.54, 1.807) is 0 Å². The predicted octanol–water partition coefficient (Wildman–Crippen LogP) is -9.75. The summed E-state index contributed by atoms with van der Waals surface area (Å²) < 4.78 is 38.0. The Morgan fingerprint density at radius 2 is 0.778 bits per heavy atom. The molecule has 21 heteroatoms. The quantitative estimate of drug-likeness (QED) is 0.103. The van der Waals surface area contributed by atoms with Gasteiger partial charge in [-0.2, -0.15) is 0 Å². The van der Waals surface area contributed by atoms with Crippen molar-refractivity contribution >= 4 is 0 Å². The van der Waals surface area contributed by atoms with Crippen molar-refractivity contribution in [3.05, 3.63) is 0 Å². The Labute approximate surface area is 254 Å². The van der Waals surface area contributed by atoms with Gasteiger partial charge in [0.05, 0.1) is 26.4 Å². The summed E-state index contributed by atoms with van der Waals surface area (Å²) in [5.41, 5.74) is 0. The second kappa shape index (κ2) is 15.6. The summed E-state index contributed by atoms with van der Waals surface area (Å²) in [6, 6.07) is 0. The van der Waals surface area contributed by atoms with E-state index < -0.39 is 149 Å². The average molecular weight is 667 g/mol. The van der Waals surface area contributed by atoms with Gasteiger partial charge in [-0.3, -0.25) is 0 Å². The van der Waals surface area contributed by atoms with Crippen LogP contribution in [-0.4, -0.2) is 221 Å². The molecule has 0 saturated carbocycles. The molecule has 4 aliphatic rings. The molecule has 0 aliphatic carbocycles. The highest BCUT2D eigenvalue weighted by atomic mass is 16.8. The molecule has 0 radical (unpaired) electrons. The maximum atomic E-state index is 11.1. The summed E-state index contributed by atoms with van der Waals surface area (Å²) in [7, 11) is 0. The average Bonchev–Trinajstić information content (AvgIpc) is 3.03. The smallest absolute Gasteiger partial charge is 0.187 e. The van der Waals surface area contributed by atoms with Gasteiger partial charge in [0.15, 0.2) is 25.2 Å². The van der Waals surface area contributed by atoms with Crippen LogP contribution in [-0.2, 0) is 33.2 Å². The van der Waals surface area contributed by atoms with Gasteiger partial charge < -0.3 is 105 Å². The standard InChI is InChI=1S/C24H42O21/c25-1-5-9(28)11(30)16(35)22(41-5)39-4-8-20(45-23-17(36)12(31)10(29)6(2-26)42-23)14(33)18(37)24(43-8)44-19-7(3-27)40-21(38)15(34)13(19)32/h5-38H,1-4H2/t5-,6-,7-,8-,9-,10-,11+,12+,13-,14-,15-,16-,17-,18-,19-,20-,21?,22+,23-,24-/m1/s1. The van der Waals surface area contributed by atoms with Gasteiger partial charge in [-0.25, -0.2) is 0 Å². The molecule has 45 heavy (non-hydrogen) atoms. The summed E-state index contributed by atoms with van der Waals surface area (Å²) in [6.45, 7) is -3.21. The maximum Gasteiger partial charge on any atom is 0.187 e. The molecule has 4 saturated heterocycles. The van der Waals surface area contributed by atoms with Gasteiger partial charge in [0, 0.05) is 0 Å². The Morgan fingerprint density at radius 1 is 0.378 bits per heavy atom. The van der Waals surface area contributed by atoms with Crippen molar-refractivity contribution in [1.29, 1.82) is 0 Å². The molecule has 0 bridgehead atoms. The SMILES string of the molecule is OC[C@H]1O[C@H](OC[C@H]2O[C@H](O[C@H]3[C@H](O)[C@@H](O)C(O)O[C@@H]3CO)[C@H](O)[C@@H](O)[C@@H]2O[C@H]2O[C@H](CO)[C@@H](O)[C@H](O)[C@H]2O)[C@H](O)[C@@H](O)[C@@H]1O. The molecule has 0 aromatic rings. The molecule has 0 aromatic carbocycles. The van der Waals surface area contributed by atoms with Crippen LogP contribution in [0.15, 0.2) is 0 Å². The fourth-order valence-electron chi connectivity index (χ4n) is 5.44. The molecule has 14 N–H and O–H groups in total. The topological polar surface area (TPSA) is 348 Å². The van der Waals surface area contributed by atoms with E-state index in [2.05, 4.69) is 0 Å². The Morgan fingerprint density at radius 3 is 1.29 bits per heavy atom. The van der Waals surface area contributed by atoms with Crippen LogP contribution in [0.1, 0.15) is 0 Å².